The van der Waals surface area contributed by atoms with E-state index < -0.39 is 0 Å². The maximum Gasteiger partial charge on any atom is 0.289 e. The van der Waals surface area contributed by atoms with Gasteiger partial charge in [0, 0.05) is 38.3 Å². The number of amides is 1. The van der Waals surface area contributed by atoms with E-state index in [1.807, 2.05) is 0 Å². The summed E-state index contributed by atoms with van der Waals surface area (Å²) >= 11 is 0. The van der Waals surface area contributed by atoms with Crippen LogP contribution in [0.5, 0.6) is 0 Å². The lowest BCUT2D eigenvalue weighted by Crippen LogP contribution is -2.50. The molecular weight excluding hydrogens is 280 g/mol. The number of rotatable bonds is 2. The molecule has 1 saturated heterocycles. The first kappa shape index (κ1) is 14.8. The fourth-order valence-corrected chi connectivity index (χ4v) is 2.81. The predicted octanol–water partition coefficient (Wildman–Crippen LogP) is 1.96. The van der Waals surface area contributed by atoms with Crippen LogP contribution in [0.15, 0.2) is 39.5 Å². The molecule has 5 nitrogen and oxygen atoms in total. The van der Waals surface area contributed by atoms with Gasteiger partial charge in [-0.3, -0.25) is 14.5 Å². The molecule has 0 aliphatic carbocycles. The number of para-hydroxylation sites is 1. The molecule has 1 fully saturated rings. The number of nitrogens with zero attached hydrogens (tertiary/aromatic N) is 2. The number of carbonyl (C=O) groups is 1. The van der Waals surface area contributed by atoms with Crippen molar-refractivity contribution in [3.63, 3.8) is 0 Å². The standard InChI is InChI=1S/C17H20N2O3/c1-12(2)18-7-9-19(10-8-18)17(21)16-11-14(20)13-5-3-4-6-15(13)22-16/h3-6,11-12H,7-10H2,1-2H3. The van der Waals surface area contributed by atoms with E-state index >= 15 is 0 Å². The van der Waals surface area contributed by atoms with E-state index in [1.165, 1.54) is 6.07 Å². The van der Waals surface area contributed by atoms with Gasteiger partial charge in [0.1, 0.15) is 5.58 Å². The maximum absolute atomic E-state index is 12.5. The van der Waals surface area contributed by atoms with Crippen LogP contribution < -0.4 is 5.43 Å². The molecule has 1 amide bonds. The lowest BCUT2D eigenvalue weighted by atomic mass is 10.2. The molecule has 1 aliphatic heterocycles. The molecule has 2 heterocycles. The summed E-state index contributed by atoms with van der Waals surface area (Å²) in [5, 5.41) is 0.503. The molecule has 0 spiro atoms. The molecular formula is C17H20N2O3. The second-order valence-corrected chi connectivity index (χ2v) is 5.89. The summed E-state index contributed by atoms with van der Waals surface area (Å²) in [6.45, 7) is 7.32. The van der Waals surface area contributed by atoms with Gasteiger partial charge in [0.05, 0.1) is 5.39 Å². The molecule has 0 unspecified atom stereocenters. The summed E-state index contributed by atoms with van der Waals surface area (Å²) in [7, 11) is 0. The van der Waals surface area contributed by atoms with Crippen LogP contribution in [0.2, 0.25) is 0 Å². The van der Waals surface area contributed by atoms with E-state index in [9.17, 15) is 9.59 Å². The SMILES string of the molecule is CC(C)N1CCN(C(=O)c2cc(=O)c3ccccc3o2)CC1. The average Bonchev–Trinajstić information content (AvgIpc) is 2.54. The second-order valence-electron chi connectivity index (χ2n) is 5.89. The van der Waals surface area contributed by atoms with E-state index in [1.54, 1.807) is 29.2 Å². The number of fused-ring (bicyclic) bond motifs is 1. The van der Waals surface area contributed by atoms with Gasteiger partial charge in [0.15, 0.2) is 11.2 Å². The zero-order valence-corrected chi connectivity index (χ0v) is 12.9. The van der Waals surface area contributed by atoms with Crippen LogP contribution in [0.1, 0.15) is 24.4 Å². The highest BCUT2D eigenvalue weighted by atomic mass is 16.3. The lowest BCUT2D eigenvalue weighted by Gasteiger charge is -2.36. The van der Waals surface area contributed by atoms with Gasteiger partial charge in [-0.25, -0.2) is 0 Å². The Morgan fingerprint density at radius 3 is 2.50 bits per heavy atom. The minimum Gasteiger partial charge on any atom is -0.451 e. The van der Waals surface area contributed by atoms with E-state index in [2.05, 4.69) is 18.7 Å². The van der Waals surface area contributed by atoms with E-state index in [0.29, 0.717) is 30.1 Å². The monoisotopic (exact) mass is 300 g/mol. The zero-order chi connectivity index (χ0) is 15.7. The van der Waals surface area contributed by atoms with Crippen molar-refractivity contribution in [2.75, 3.05) is 26.2 Å². The first-order valence-corrected chi connectivity index (χ1v) is 7.62. The first-order chi connectivity index (χ1) is 10.6. The van der Waals surface area contributed by atoms with E-state index in [4.69, 9.17) is 4.42 Å². The van der Waals surface area contributed by atoms with Gasteiger partial charge < -0.3 is 9.32 Å². The van der Waals surface area contributed by atoms with Gasteiger partial charge in [-0.05, 0) is 26.0 Å². The lowest BCUT2D eigenvalue weighted by molar-refractivity contribution is 0.0566. The molecule has 116 valence electrons. The molecule has 3 rings (SSSR count). The van der Waals surface area contributed by atoms with Crippen LogP contribution in [-0.2, 0) is 0 Å². The van der Waals surface area contributed by atoms with Gasteiger partial charge in [-0.1, -0.05) is 12.1 Å². The summed E-state index contributed by atoms with van der Waals surface area (Å²) in [5.41, 5.74) is 0.283. The Bertz CT molecular complexity index is 743. The Hall–Kier alpha value is -2.14. The second kappa shape index (κ2) is 5.93. The van der Waals surface area contributed by atoms with Gasteiger partial charge in [-0.2, -0.15) is 0 Å². The molecule has 0 bridgehead atoms. The summed E-state index contributed by atoms with van der Waals surface area (Å²) in [4.78, 5) is 28.7. The first-order valence-electron chi connectivity index (χ1n) is 7.62. The summed E-state index contributed by atoms with van der Waals surface area (Å²) in [6.07, 6.45) is 0. The Kier molecular flexibility index (Phi) is 3.98. The molecule has 22 heavy (non-hydrogen) atoms. The molecule has 2 aromatic rings. The topological polar surface area (TPSA) is 53.8 Å². The molecule has 1 aliphatic rings. The molecule has 0 atom stereocenters. The van der Waals surface area contributed by atoms with E-state index in [0.717, 1.165) is 13.1 Å². The highest BCUT2D eigenvalue weighted by Crippen LogP contribution is 2.15. The third-order valence-corrected chi connectivity index (χ3v) is 4.18. The van der Waals surface area contributed by atoms with Crippen molar-refractivity contribution in [1.82, 2.24) is 9.80 Å². The predicted molar refractivity (Wildman–Crippen MR) is 85.1 cm³/mol. The fraction of sp³-hybridized carbons (Fsp3) is 0.412. The Balaban J connectivity index is 1.83. The van der Waals surface area contributed by atoms with Crippen LogP contribution >= 0.6 is 0 Å². The zero-order valence-electron chi connectivity index (χ0n) is 12.9. The highest BCUT2D eigenvalue weighted by Gasteiger charge is 2.25. The Morgan fingerprint density at radius 1 is 1.14 bits per heavy atom. The van der Waals surface area contributed by atoms with Crippen molar-refractivity contribution < 1.29 is 9.21 Å². The molecule has 1 aromatic heterocycles. The quantitative estimate of drug-likeness (QED) is 0.851. The van der Waals surface area contributed by atoms with Crippen molar-refractivity contribution in [2.45, 2.75) is 19.9 Å². The fourth-order valence-electron chi connectivity index (χ4n) is 2.81. The van der Waals surface area contributed by atoms with Crippen LogP contribution in [0.3, 0.4) is 0 Å². The maximum atomic E-state index is 12.5. The third kappa shape index (κ3) is 2.76. The van der Waals surface area contributed by atoms with Crippen molar-refractivity contribution in [2.24, 2.45) is 0 Å². The molecule has 1 aromatic carbocycles. The Labute approximate surface area is 129 Å². The number of hydrogen-bond donors (Lipinski definition) is 0. The van der Waals surface area contributed by atoms with Crippen molar-refractivity contribution in [1.29, 1.82) is 0 Å². The highest BCUT2D eigenvalue weighted by molar-refractivity contribution is 5.93. The van der Waals surface area contributed by atoms with Gasteiger partial charge in [0.25, 0.3) is 5.91 Å². The largest absolute Gasteiger partial charge is 0.451 e. The smallest absolute Gasteiger partial charge is 0.289 e. The molecule has 0 saturated carbocycles. The van der Waals surface area contributed by atoms with Gasteiger partial charge >= 0.3 is 0 Å². The summed E-state index contributed by atoms with van der Waals surface area (Å²) in [5.74, 6) is -0.0760. The van der Waals surface area contributed by atoms with Crippen LogP contribution in [0, 0.1) is 0 Å². The van der Waals surface area contributed by atoms with Gasteiger partial charge in [-0.15, -0.1) is 0 Å². The van der Waals surface area contributed by atoms with Gasteiger partial charge in [0.2, 0.25) is 0 Å². The van der Waals surface area contributed by atoms with E-state index in [-0.39, 0.29) is 17.1 Å². The average molecular weight is 300 g/mol. The summed E-state index contributed by atoms with van der Waals surface area (Å²) < 4.78 is 5.63. The Morgan fingerprint density at radius 2 is 1.82 bits per heavy atom. The third-order valence-electron chi connectivity index (χ3n) is 4.18. The molecule has 0 N–H and O–H groups in total. The van der Waals surface area contributed by atoms with Crippen LogP contribution in [0.25, 0.3) is 11.0 Å². The van der Waals surface area contributed by atoms with Crippen molar-refractivity contribution in [3.8, 4) is 0 Å². The van der Waals surface area contributed by atoms with Crippen molar-refractivity contribution in [3.05, 3.63) is 46.3 Å². The minimum absolute atomic E-state index is 0.127. The van der Waals surface area contributed by atoms with Crippen molar-refractivity contribution >= 4 is 16.9 Å². The minimum atomic E-state index is -0.203. The number of carbonyl (C=O) groups excluding carboxylic acids is 1. The van der Waals surface area contributed by atoms with Crippen LogP contribution in [0.4, 0.5) is 0 Å². The van der Waals surface area contributed by atoms with Crippen LogP contribution in [-0.4, -0.2) is 47.9 Å². The summed E-state index contributed by atoms with van der Waals surface area (Å²) in [6, 6.07) is 8.78. The molecule has 5 heteroatoms. The normalized spacial score (nSPS) is 16.4. The number of benzene rings is 1. The molecule has 0 radical (unpaired) electrons. The number of hydrogen-bond acceptors (Lipinski definition) is 4. The number of piperazine rings is 1.